The van der Waals surface area contributed by atoms with Crippen molar-refractivity contribution < 1.29 is 0 Å². The third kappa shape index (κ3) is 1.91. The molecule has 0 bridgehead atoms. The van der Waals surface area contributed by atoms with Crippen LogP contribution in [0.4, 0.5) is 0 Å². The van der Waals surface area contributed by atoms with Crippen molar-refractivity contribution in [3.05, 3.63) is 0 Å². The summed E-state index contributed by atoms with van der Waals surface area (Å²) >= 11 is 0. The Kier molecular flexibility index (Phi) is 2.52. The maximum atomic E-state index is 2.36. The molecule has 0 aliphatic heterocycles. The van der Waals surface area contributed by atoms with Gasteiger partial charge >= 0.3 is 0 Å². The lowest BCUT2D eigenvalue weighted by Crippen LogP contribution is -2.11. The van der Waals surface area contributed by atoms with Crippen molar-refractivity contribution in [1.29, 1.82) is 0 Å². The second-order valence-electron chi connectivity index (χ2n) is 5.11. The van der Waals surface area contributed by atoms with Gasteiger partial charge in [-0.3, -0.25) is 0 Å². The van der Waals surface area contributed by atoms with Crippen LogP contribution in [0.15, 0.2) is 0 Å². The lowest BCUT2D eigenvalue weighted by atomic mass is 9.86. The topological polar surface area (TPSA) is 0 Å². The molecular weight excluding hydrogens is 140 g/mol. The standard InChI is InChI=1S/C9H18.H2S/c1-8(2,3)7-6-9(7,4)5;/h7H,6H2,1-5H3;1H2. The molecule has 0 amide bonds. The summed E-state index contributed by atoms with van der Waals surface area (Å²) in [6, 6.07) is 0. The Morgan fingerprint density at radius 2 is 1.50 bits per heavy atom. The molecule has 0 nitrogen and oxygen atoms in total. The molecule has 0 aromatic heterocycles. The van der Waals surface area contributed by atoms with Crippen molar-refractivity contribution in [3.8, 4) is 0 Å². The van der Waals surface area contributed by atoms with Crippen LogP contribution in [0.25, 0.3) is 0 Å². The number of hydrogen-bond donors (Lipinski definition) is 0. The van der Waals surface area contributed by atoms with Gasteiger partial charge in [-0.05, 0) is 23.2 Å². The Hall–Kier alpha value is 0.350. The van der Waals surface area contributed by atoms with Crippen molar-refractivity contribution in [2.75, 3.05) is 0 Å². The maximum absolute atomic E-state index is 2.36. The zero-order valence-electron chi connectivity index (χ0n) is 7.78. The van der Waals surface area contributed by atoms with Crippen LogP contribution in [0.2, 0.25) is 0 Å². The van der Waals surface area contributed by atoms with Gasteiger partial charge in [0, 0.05) is 0 Å². The van der Waals surface area contributed by atoms with Gasteiger partial charge in [-0.25, -0.2) is 0 Å². The lowest BCUT2D eigenvalue weighted by Gasteiger charge is -2.19. The van der Waals surface area contributed by atoms with E-state index in [-0.39, 0.29) is 13.5 Å². The van der Waals surface area contributed by atoms with Gasteiger partial charge in [0.25, 0.3) is 0 Å². The van der Waals surface area contributed by atoms with Crippen LogP contribution in [0.5, 0.6) is 0 Å². The average Bonchev–Trinajstić information content (AvgIpc) is 2.10. The molecule has 0 heterocycles. The SMILES string of the molecule is CC(C)(C)C1CC1(C)C.S. The predicted molar refractivity (Wildman–Crippen MR) is 51.7 cm³/mol. The minimum atomic E-state index is 0. The van der Waals surface area contributed by atoms with E-state index in [0.717, 1.165) is 5.92 Å². The van der Waals surface area contributed by atoms with E-state index in [9.17, 15) is 0 Å². The quantitative estimate of drug-likeness (QED) is 0.510. The Morgan fingerprint density at radius 1 is 1.20 bits per heavy atom. The second kappa shape index (κ2) is 2.44. The molecule has 0 saturated heterocycles. The van der Waals surface area contributed by atoms with Crippen LogP contribution in [0, 0.1) is 16.7 Å². The molecule has 0 aromatic carbocycles. The molecule has 0 N–H and O–H groups in total. The van der Waals surface area contributed by atoms with Crippen molar-refractivity contribution >= 4 is 13.5 Å². The molecule has 1 rings (SSSR count). The Bertz CT molecular complexity index is 119. The normalized spacial score (nSPS) is 29.1. The van der Waals surface area contributed by atoms with Crippen LogP contribution < -0.4 is 0 Å². The van der Waals surface area contributed by atoms with Crippen LogP contribution in [0.1, 0.15) is 41.0 Å². The van der Waals surface area contributed by atoms with Gasteiger partial charge in [0.2, 0.25) is 0 Å². The fourth-order valence-corrected chi connectivity index (χ4v) is 1.95. The summed E-state index contributed by atoms with van der Waals surface area (Å²) in [7, 11) is 0. The van der Waals surface area contributed by atoms with Crippen LogP contribution in [-0.2, 0) is 0 Å². The first-order valence-corrected chi connectivity index (χ1v) is 3.84. The summed E-state index contributed by atoms with van der Waals surface area (Å²) in [4.78, 5) is 0. The molecule has 1 aliphatic carbocycles. The smallest absolute Gasteiger partial charge is 0.0309 e. The van der Waals surface area contributed by atoms with E-state index in [1.165, 1.54) is 6.42 Å². The fraction of sp³-hybridized carbons (Fsp3) is 1.00. The fourth-order valence-electron chi connectivity index (χ4n) is 1.95. The highest BCUT2D eigenvalue weighted by Crippen LogP contribution is 2.60. The van der Waals surface area contributed by atoms with Crippen molar-refractivity contribution in [1.82, 2.24) is 0 Å². The third-order valence-electron chi connectivity index (χ3n) is 2.56. The van der Waals surface area contributed by atoms with Crippen molar-refractivity contribution in [3.63, 3.8) is 0 Å². The van der Waals surface area contributed by atoms with Gasteiger partial charge in [-0.1, -0.05) is 34.6 Å². The Balaban J connectivity index is 0.000000810. The molecule has 1 fully saturated rings. The first-order valence-electron chi connectivity index (χ1n) is 3.84. The number of rotatable bonds is 0. The van der Waals surface area contributed by atoms with Crippen LogP contribution in [-0.4, -0.2) is 0 Å². The molecule has 1 atom stereocenters. The second-order valence-corrected chi connectivity index (χ2v) is 5.11. The summed E-state index contributed by atoms with van der Waals surface area (Å²) in [5.74, 6) is 0.963. The largest absolute Gasteiger partial charge is 0.197 e. The van der Waals surface area contributed by atoms with E-state index in [1.54, 1.807) is 0 Å². The van der Waals surface area contributed by atoms with E-state index in [2.05, 4.69) is 34.6 Å². The first kappa shape index (κ1) is 10.3. The summed E-state index contributed by atoms with van der Waals surface area (Å²) in [6.07, 6.45) is 1.43. The summed E-state index contributed by atoms with van der Waals surface area (Å²) in [5.41, 5.74) is 1.20. The first-order chi connectivity index (χ1) is 3.84. The molecule has 1 saturated carbocycles. The summed E-state index contributed by atoms with van der Waals surface area (Å²) in [6.45, 7) is 11.7. The van der Waals surface area contributed by atoms with Gasteiger partial charge in [-0.15, -0.1) is 0 Å². The highest BCUT2D eigenvalue weighted by atomic mass is 32.1. The Morgan fingerprint density at radius 3 is 1.50 bits per heavy atom. The lowest BCUT2D eigenvalue weighted by molar-refractivity contribution is 0.301. The van der Waals surface area contributed by atoms with E-state index in [0.29, 0.717) is 10.8 Å². The van der Waals surface area contributed by atoms with Crippen molar-refractivity contribution in [2.45, 2.75) is 41.0 Å². The van der Waals surface area contributed by atoms with Gasteiger partial charge in [-0.2, -0.15) is 13.5 Å². The van der Waals surface area contributed by atoms with E-state index >= 15 is 0 Å². The molecule has 1 aliphatic rings. The minimum absolute atomic E-state index is 0. The molecule has 10 heavy (non-hydrogen) atoms. The monoisotopic (exact) mass is 160 g/mol. The van der Waals surface area contributed by atoms with Crippen LogP contribution in [0.3, 0.4) is 0 Å². The van der Waals surface area contributed by atoms with Gasteiger partial charge < -0.3 is 0 Å². The average molecular weight is 160 g/mol. The zero-order valence-corrected chi connectivity index (χ0v) is 8.78. The third-order valence-corrected chi connectivity index (χ3v) is 2.56. The highest BCUT2D eigenvalue weighted by molar-refractivity contribution is 7.59. The van der Waals surface area contributed by atoms with Crippen molar-refractivity contribution in [2.24, 2.45) is 16.7 Å². The Labute approximate surface area is 71.8 Å². The molecule has 0 aromatic rings. The molecule has 1 heteroatoms. The molecule has 0 spiro atoms. The summed E-state index contributed by atoms with van der Waals surface area (Å²) < 4.78 is 0. The molecule has 0 radical (unpaired) electrons. The highest BCUT2D eigenvalue weighted by Gasteiger charge is 2.51. The van der Waals surface area contributed by atoms with Crippen LogP contribution >= 0.6 is 13.5 Å². The minimum Gasteiger partial charge on any atom is -0.197 e. The maximum Gasteiger partial charge on any atom is -0.0309 e. The van der Waals surface area contributed by atoms with Gasteiger partial charge in [0.15, 0.2) is 0 Å². The van der Waals surface area contributed by atoms with Gasteiger partial charge in [0.1, 0.15) is 0 Å². The van der Waals surface area contributed by atoms with E-state index in [1.807, 2.05) is 0 Å². The number of hydrogen-bond acceptors (Lipinski definition) is 0. The molecule has 62 valence electrons. The molecule has 1 unspecified atom stereocenters. The van der Waals surface area contributed by atoms with E-state index in [4.69, 9.17) is 0 Å². The predicted octanol–water partition coefficient (Wildman–Crippen LogP) is 3.19. The summed E-state index contributed by atoms with van der Waals surface area (Å²) in [5, 5.41) is 0. The van der Waals surface area contributed by atoms with E-state index < -0.39 is 0 Å². The molecular formula is C9H20S. The van der Waals surface area contributed by atoms with Gasteiger partial charge in [0.05, 0.1) is 0 Å². The zero-order chi connectivity index (χ0) is 7.28.